The number of fused-ring (bicyclic) bond motifs is 3. The minimum Gasteiger partial charge on any atom is -0.208 e. The summed E-state index contributed by atoms with van der Waals surface area (Å²) >= 11 is 0. The highest BCUT2D eigenvalue weighted by molar-refractivity contribution is 5.94. The normalized spacial score (nSPS) is 15.7. The number of hydrogen-bond donors (Lipinski definition) is 0. The van der Waals surface area contributed by atoms with Crippen LogP contribution in [0.1, 0.15) is 138 Å². The zero-order valence-electron chi connectivity index (χ0n) is 43.3. The number of allylic oxidation sites excluding steroid dienone is 4. The van der Waals surface area contributed by atoms with Crippen LogP contribution in [0.25, 0.3) is 73.1 Å². The Hall–Kier alpha value is -6.97. The number of benzene rings is 7. The van der Waals surface area contributed by atoms with Gasteiger partial charge in [-0.3, -0.25) is 0 Å². The van der Waals surface area contributed by atoms with Gasteiger partial charge in [0.15, 0.2) is 17.5 Å². The molecule has 10 rings (SSSR count). The van der Waals surface area contributed by atoms with Crippen LogP contribution in [0.2, 0.25) is 0 Å². The third kappa shape index (κ3) is 8.27. The number of aryl methyl sites for hydroxylation is 2. The molecule has 0 bridgehead atoms. The van der Waals surface area contributed by atoms with Gasteiger partial charge in [-0.25, -0.2) is 15.0 Å². The monoisotopic (exact) mass is 914 g/mol. The molecule has 0 aliphatic heterocycles. The van der Waals surface area contributed by atoms with Crippen molar-refractivity contribution in [2.24, 2.45) is 0 Å². The second-order valence-electron chi connectivity index (χ2n) is 22.5. The first-order valence-corrected chi connectivity index (χ1v) is 25.4. The Morgan fingerprint density at radius 1 is 0.471 bits per heavy atom. The minimum atomic E-state index is -0.495. The van der Waals surface area contributed by atoms with Crippen LogP contribution in [0.15, 0.2) is 163 Å². The molecule has 1 heterocycles. The Bertz CT molecular complexity index is 3400. The van der Waals surface area contributed by atoms with Crippen LogP contribution in [0.3, 0.4) is 0 Å². The van der Waals surface area contributed by atoms with Crippen molar-refractivity contribution in [3.8, 4) is 67.5 Å². The predicted octanol–water partition coefficient (Wildman–Crippen LogP) is 18.0. The van der Waals surface area contributed by atoms with Gasteiger partial charge in [-0.2, -0.15) is 0 Å². The lowest BCUT2D eigenvalue weighted by Gasteiger charge is -2.33. The van der Waals surface area contributed by atoms with Crippen molar-refractivity contribution in [2.45, 2.75) is 118 Å². The van der Waals surface area contributed by atoms with E-state index in [0.717, 1.165) is 29.5 Å². The maximum atomic E-state index is 5.52. The molecule has 70 heavy (non-hydrogen) atoms. The van der Waals surface area contributed by atoms with Gasteiger partial charge in [0.25, 0.3) is 0 Å². The van der Waals surface area contributed by atoms with Crippen LogP contribution in [0, 0.1) is 13.8 Å². The van der Waals surface area contributed by atoms with Gasteiger partial charge in [-0.15, -0.1) is 0 Å². The van der Waals surface area contributed by atoms with E-state index in [1.54, 1.807) is 0 Å². The summed E-state index contributed by atoms with van der Waals surface area (Å²) in [6.45, 7) is 27.5. The van der Waals surface area contributed by atoms with Crippen LogP contribution in [-0.2, 0) is 16.2 Å². The third-order valence-electron chi connectivity index (χ3n) is 15.3. The molecule has 2 aliphatic rings. The van der Waals surface area contributed by atoms with Gasteiger partial charge in [0.1, 0.15) is 0 Å². The Morgan fingerprint density at radius 2 is 1.03 bits per heavy atom. The lowest BCUT2D eigenvalue weighted by molar-refractivity contribution is 0.586. The first kappa shape index (κ1) is 46.7. The van der Waals surface area contributed by atoms with Crippen LogP contribution < -0.4 is 0 Å². The number of hydrogen-bond acceptors (Lipinski definition) is 3. The summed E-state index contributed by atoms with van der Waals surface area (Å²) in [5, 5.41) is 0. The fourth-order valence-corrected chi connectivity index (χ4v) is 11.1. The highest BCUT2D eigenvalue weighted by Crippen LogP contribution is 2.57. The molecule has 7 aromatic carbocycles. The summed E-state index contributed by atoms with van der Waals surface area (Å²) in [6, 6.07) is 54.4. The lowest BCUT2D eigenvalue weighted by atomic mass is 9.70. The molecule has 8 aromatic rings. The maximum Gasteiger partial charge on any atom is 0.164 e. The standard InChI is InChI=1S/C67H67N3/c1-41(2)57-39-47(31-36-54(57)51-23-16-14-21-43(51)4)63-68-62(46-30-35-52(44(5)38-46)50-22-15-13-20-42(50)3)69-64(70-63)56-25-19-27-59-61(56)55-24-17-18-26-58(55)67(59,12)60-40-49(66(9,10)11)34-37-53(60)45-28-32-48(33-29-45)65(6,7)8/h13,15-20,22-41H,14,21H2,1-12H3. The molecule has 0 spiro atoms. The number of aromatic nitrogens is 3. The average Bonchev–Trinajstić information content (AvgIpc) is 3.62. The molecule has 1 aromatic heterocycles. The second-order valence-corrected chi connectivity index (χ2v) is 22.5. The SMILES string of the molecule is CC1=C(c2ccc(-c3nc(-c4ccc(-c5ccccc5C)c(C)c4)nc(-c4cccc5c4-c4ccccc4C5(C)c4cc(C(C)(C)C)ccc4-c4ccc(C(C)(C)C)cc4)n3)cc2C(C)C)C=CCC1. The Balaban J connectivity index is 1.20. The fraction of sp³-hybridized carbons (Fsp3) is 0.269. The smallest absolute Gasteiger partial charge is 0.164 e. The van der Waals surface area contributed by atoms with Crippen LogP contribution >= 0.6 is 0 Å². The van der Waals surface area contributed by atoms with E-state index in [9.17, 15) is 0 Å². The zero-order chi connectivity index (χ0) is 49.3. The van der Waals surface area contributed by atoms with Gasteiger partial charge in [0, 0.05) is 22.1 Å². The van der Waals surface area contributed by atoms with E-state index >= 15 is 0 Å². The topological polar surface area (TPSA) is 38.7 Å². The van der Waals surface area contributed by atoms with E-state index in [-0.39, 0.29) is 10.8 Å². The molecular weight excluding hydrogens is 847 g/mol. The molecule has 0 radical (unpaired) electrons. The summed E-state index contributed by atoms with van der Waals surface area (Å²) < 4.78 is 0. The largest absolute Gasteiger partial charge is 0.208 e. The Kier molecular flexibility index (Phi) is 11.9. The molecule has 1 unspecified atom stereocenters. The first-order chi connectivity index (χ1) is 33.4. The highest BCUT2D eigenvalue weighted by Gasteiger charge is 2.44. The van der Waals surface area contributed by atoms with E-state index < -0.39 is 5.41 Å². The fourth-order valence-electron chi connectivity index (χ4n) is 11.1. The van der Waals surface area contributed by atoms with Crippen molar-refractivity contribution in [2.75, 3.05) is 0 Å². The van der Waals surface area contributed by atoms with E-state index in [1.807, 2.05) is 0 Å². The minimum absolute atomic E-state index is 0.0484. The van der Waals surface area contributed by atoms with Gasteiger partial charge < -0.3 is 0 Å². The Morgan fingerprint density at radius 3 is 1.69 bits per heavy atom. The van der Waals surface area contributed by atoms with Gasteiger partial charge >= 0.3 is 0 Å². The quantitative estimate of drug-likeness (QED) is 0.152. The molecule has 3 nitrogen and oxygen atoms in total. The van der Waals surface area contributed by atoms with Gasteiger partial charge in [0.2, 0.25) is 0 Å². The summed E-state index contributed by atoms with van der Waals surface area (Å²) in [5.41, 5.74) is 24.1. The van der Waals surface area contributed by atoms with Crippen molar-refractivity contribution < 1.29 is 0 Å². The van der Waals surface area contributed by atoms with Gasteiger partial charge in [-0.1, -0.05) is 207 Å². The lowest BCUT2D eigenvalue weighted by Crippen LogP contribution is -2.25. The molecule has 350 valence electrons. The van der Waals surface area contributed by atoms with E-state index in [2.05, 4.69) is 241 Å². The highest BCUT2D eigenvalue weighted by atomic mass is 15.0. The van der Waals surface area contributed by atoms with Gasteiger partial charge in [-0.05, 0) is 158 Å². The summed E-state index contributed by atoms with van der Waals surface area (Å²) in [7, 11) is 0. The number of rotatable bonds is 8. The maximum absolute atomic E-state index is 5.52. The van der Waals surface area contributed by atoms with Crippen molar-refractivity contribution in [3.63, 3.8) is 0 Å². The second kappa shape index (κ2) is 17.8. The van der Waals surface area contributed by atoms with Gasteiger partial charge in [0.05, 0.1) is 0 Å². The molecule has 2 aliphatic carbocycles. The van der Waals surface area contributed by atoms with Crippen molar-refractivity contribution in [1.82, 2.24) is 15.0 Å². The van der Waals surface area contributed by atoms with E-state index in [0.29, 0.717) is 23.4 Å². The predicted molar refractivity (Wildman–Crippen MR) is 296 cm³/mol. The zero-order valence-corrected chi connectivity index (χ0v) is 43.3. The molecule has 0 saturated carbocycles. The first-order valence-electron chi connectivity index (χ1n) is 25.4. The average molecular weight is 914 g/mol. The molecule has 0 fully saturated rings. The van der Waals surface area contributed by atoms with Crippen LogP contribution in [0.5, 0.6) is 0 Å². The molecule has 1 atom stereocenters. The van der Waals surface area contributed by atoms with Crippen LogP contribution in [-0.4, -0.2) is 15.0 Å². The van der Waals surface area contributed by atoms with E-state index in [4.69, 9.17) is 15.0 Å². The molecular formula is C67H67N3. The van der Waals surface area contributed by atoms with Crippen molar-refractivity contribution in [3.05, 3.63) is 213 Å². The van der Waals surface area contributed by atoms with Crippen molar-refractivity contribution >= 4 is 5.57 Å². The summed E-state index contributed by atoms with van der Waals surface area (Å²) in [6.07, 6.45) is 6.80. The van der Waals surface area contributed by atoms with E-state index in [1.165, 1.54) is 94.6 Å². The third-order valence-corrected chi connectivity index (χ3v) is 15.3. The Labute approximate surface area is 417 Å². The molecule has 0 N–H and O–H groups in total. The number of nitrogens with zero attached hydrogens (tertiary/aromatic N) is 3. The summed E-state index contributed by atoms with van der Waals surface area (Å²) in [5.74, 6) is 2.30. The summed E-state index contributed by atoms with van der Waals surface area (Å²) in [4.78, 5) is 16.4. The molecule has 0 amide bonds. The van der Waals surface area contributed by atoms with Crippen molar-refractivity contribution in [1.29, 1.82) is 0 Å². The molecule has 0 saturated heterocycles. The van der Waals surface area contributed by atoms with Crippen LogP contribution in [0.4, 0.5) is 0 Å². The molecule has 3 heteroatoms.